The van der Waals surface area contributed by atoms with Crippen LogP contribution in [-0.4, -0.2) is 23.7 Å². The highest BCUT2D eigenvalue weighted by molar-refractivity contribution is 5.66. The van der Waals surface area contributed by atoms with Gasteiger partial charge in [-0.3, -0.25) is 4.79 Å². The fourth-order valence-corrected chi connectivity index (χ4v) is 1.65. The first-order chi connectivity index (χ1) is 8.61. The molecule has 1 atom stereocenters. The number of ether oxygens (including phenoxy) is 1. The van der Waals surface area contributed by atoms with E-state index in [4.69, 9.17) is 9.84 Å². The van der Waals surface area contributed by atoms with Crippen molar-refractivity contribution in [2.75, 3.05) is 6.61 Å². The molecule has 0 spiro atoms. The van der Waals surface area contributed by atoms with Gasteiger partial charge in [-0.15, -0.1) is 0 Å². The highest BCUT2D eigenvalue weighted by atomic mass is 16.5. The zero-order valence-electron chi connectivity index (χ0n) is 11.0. The number of carbonyl (C=O) groups is 1. The number of rotatable bonds is 8. The first-order valence-corrected chi connectivity index (χ1v) is 6.28. The van der Waals surface area contributed by atoms with Gasteiger partial charge < -0.3 is 15.2 Å². The number of benzene rings is 1. The van der Waals surface area contributed by atoms with Gasteiger partial charge in [0.2, 0.25) is 0 Å². The molecule has 0 aliphatic carbocycles. The van der Waals surface area contributed by atoms with E-state index in [1.54, 1.807) is 0 Å². The Morgan fingerprint density at radius 3 is 2.94 bits per heavy atom. The van der Waals surface area contributed by atoms with Gasteiger partial charge in [-0.2, -0.15) is 0 Å². The second kappa shape index (κ2) is 7.71. The van der Waals surface area contributed by atoms with E-state index in [0.29, 0.717) is 13.0 Å². The molecule has 4 nitrogen and oxygen atoms in total. The summed E-state index contributed by atoms with van der Waals surface area (Å²) in [5.41, 5.74) is 1.14. The Hall–Kier alpha value is -1.55. The van der Waals surface area contributed by atoms with Crippen molar-refractivity contribution in [2.45, 2.75) is 39.3 Å². The Balaban J connectivity index is 2.38. The highest BCUT2D eigenvalue weighted by Crippen LogP contribution is 2.13. The summed E-state index contributed by atoms with van der Waals surface area (Å²) in [5, 5.41) is 11.9. The summed E-state index contributed by atoms with van der Waals surface area (Å²) in [4.78, 5) is 10.5. The smallest absolute Gasteiger partial charge is 0.303 e. The third-order valence-electron chi connectivity index (χ3n) is 2.66. The highest BCUT2D eigenvalue weighted by Gasteiger charge is 2.05. The van der Waals surface area contributed by atoms with Crippen LogP contribution in [0.1, 0.15) is 32.3 Å². The lowest BCUT2D eigenvalue weighted by Gasteiger charge is -2.13. The molecule has 1 aromatic carbocycles. The van der Waals surface area contributed by atoms with Crippen molar-refractivity contribution < 1.29 is 14.6 Å². The molecule has 0 fully saturated rings. The predicted molar refractivity (Wildman–Crippen MR) is 70.8 cm³/mol. The fourth-order valence-electron chi connectivity index (χ4n) is 1.65. The van der Waals surface area contributed by atoms with Crippen LogP contribution in [0.25, 0.3) is 0 Å². The summed E-state index contributed by atoms with van der Waals surface area (Å²) in [6.45, 7) is 5.34. The zero-order chi connectivity index (χ0) is 13.4. The Bertz CT molecular complexity index is 379. The van der Waals surface area contributed by atoms with Crippen molar-refractivity contribution in [1.82, 2.24) is 5.32 Å². The van der Waals surface area contributed by atoms with Crippen LogP contribution in [0.4, 0.5) is 0 Å². The maximum atomic E-state index is 10.5. The maximum Gasteiger partial charge on any atom is 0.303 e. The Labute approximate surface area is 108 Å². The van der Waals surface area contributed by atoms with Gasteiger partial charge >= 0.3 is 5.97 Å². The number of carboxylic acid groups (broad SMARTS) is 1. The first-order valence-electron chi connectivity index (χ1n) is 6.28. The molecule has 1 rings (SSSR count). The maximum absolute atomic E-state index is 10.5. The molecule has 0 aliphatic rings. The van der Waals surface area contributed by atoms with Gasteiger partial charge in [-0.25, -0.2) is 0 Å². The quantitative estimate of drug-likeness (QED) is 0.745. The molecule has 0 aliphatic heterocycles. The van der Waals surface area contributed by atoms with Gasteiger partial charge in [0.1, 0.15) is 5.75 Å². The summed E-state index contributed by atoms with van der Waals surface area (Å²) in [6, 6.07) is 8.11. The van der Waals surface area contributed by atoms with E-state index in [1.807, 2.05) is 38.1 Å². The van der Waals surface area contributed by atoms with E-state index >= 15 is 0 Å². The van der Waals surface area contributed by atoms with Crippen LogP contribution in [0, 0.1) is 0 Å². The Morgan fingerprint density at radius 1 is 1.50 bits per heavy atom. The average molecular weight is 251 g/mol. The molecule has 0 amide bonds. The predicted octanol–water partition coefficient (Wildman–Crippen LogP) is 2.43. The van der Waals surface area contributed by atoms with E-state index in [0.717, 1.165) is 17.9 Å². The van der Waals surface area contributed by atoms with Crippen LogP contribution in [-0.2, 0) is 11.3 Å². The number of hydrogen-bond donors (Lipinski definition) is 2. The molecule has 0 heterocycles. The number of hydrogen-bond acceptors (Lipinski definition) is 3. The minimum absolute atomic E-state index is 0.192. The third kappa shape index (κ3) is 5.68. The molecular weight excluding hydrogens is 230 g/mol. The lowest BCUT2D eigenvalue weighted by molar-refractivity contribution is -0.137. The van der Waals surface area contributed by atoms with Gasteiger partial charge in [0.25, 0.3) is 0 Å². The van der Waals surface area contributed by atoms with Gasteiger partial charge in [0.15, 0.2) is 0 Å². The van der Waals surface area contributed by atoms with Crippen molar-refractivity contribution in [3.05, 3.63) is 29.8 Å². The molecule has 2 N–H and O–H groups in total. The van der Waals surface area contributed by atoms with E-state index in [9.17, 15) is 4.79 Å². The average Bonchev–Trinajstić information content (AvgIpc) is 2.35. The van der Waals surface area contributed by atoms with E-state index in [-0.39, 0.29) is 12.5 Å². The lowest BCUT2D eigenvalue weighted by Crippen LogP contribution is -2.26. The van der Waals surface area contributed by atoms with Crippen molar-refractivity contribution in [2.24, 2.45) is 0 Å². The summed E-state index contributed by atoms with van der Waals surface area (Å²) < 4.78 is 5.43. The number of nitrogens with one attached hydrogen (secondary N) is 1. The normalized spacial score (nSPS) is 12.1. The van der Waals surface area contributed by atoms with Crippen LogP contribution in [0.5, 0.6) is 5.75 Å². The molecule has 1 unspecified atom stereocenters. The lowest BCUT2D eigenvalue weighted by atomic mass is 10.1. The van der Waals surface area contributed by atoms with Crippen LogP contribution < -0.4 is 10.1 Å². The molecule has 0 aromatic heterocycles. The van der Waals surface area contributed by atoms with E-state index < -0.39 is 5.97 Å². The van der Waals surface area contributed by atoms with Crippen LogP contribution in [0.2, 0.25) is 0 Å². The van der Waals surface area contributed by atoms with Crippen molar-refractivity contribution in [3.63, 3.8) is 0 Å². The molecule has 4 heteroatoms. The zero-order valence-corrected chi connectivity index (χ0v) is 11.0. The molecule has 0 saturated heterocycles. The Kier molecular flexibility index (Phi) is 6.22. The van der Waals surface area contributed by atoms with Crippen LogP contribution in [0.3, 0.4) is 0 Å². The molecule has 100 valence electrons. The van der Waals surface area contributed by atoms with Crippen molar-refractivity contribution in [3.8, 4) is 5.75 Å². The first kappa shape index (κ1) is 14.5. The summed E-state index contributed by atoms with van der Waals surface area (Å²) in [5.74, 6) is 0.122. The Morgan fingerprint density at radius 2 is 2.28 bits per heavy atom. The molecule has 0 radical (unpaired) electrons. The summed E-state index contributed by atoms with van der Waals surface area (Å²) in [7, 11) is 0. The van der Waals surface area contributed by atoms with Gasteiger partial charge in [-0.05, 0) is 38.0 Å². The minimum atomic E-state index is -0.748. The second-order valence-corrected chi connectivity index (χ2v) is 4.29. The van der Waals surface area contributed by atoms with Gasteiger partial charge in [-0.1, -0.05) is 12.1 Å². The topological polar surface area (TPSA) is 58.6 Å². The number of aliphatic carboxylic acids is 1. The van der Waals surface area contributed by atoms with Crippen LogP contribution in [0.15, 0.2) is 24.3 Å². The standard InChI is InChI=1S/C14H21NO3/c1-3-18-13-6-4-5-12(9-13)10-15-11(2)7-8-14(16)17/h4-6,9,11,15H,3,7-8,10H2,1-2H3,(H,16,17). The molecule has 0 bridgehead atoms. The van der Waals surface area contributed by atoms with Crippen molar-refractivity contribution in [1.29, 1.82) is 0 Å². The van der Waals surface area contributed by atoms with E-state index in [2.05, 4.69) is 5.32 Å². The number of carboxylic acids is 1. The minimum Gasteiger partial charge on any atom is -0.494 e. The van der Waals surface area contributed by atoms with Crippen molar-refractivity contribution >= 4 is 5.97 Å². The SMILES string of the molecule is CCOc1cccc(CNC(C)CCC(=O)O)c1. The molecule has 18 heavy (non-hydrogen) atoms. The second-order valence-electron chi connectivity index (χ2n) is 4.29. The third-order valence-corrected chi connectivity index (χ3v) is 2.66. The summed E-state index contributed by atoms with van der Waals surface area (Å²) in [6.07, 6.45) is 0.841. The largest absolute Gasteiger partial charge is 0.494 e. The molecule has 1 aromatic rings. The molecule has 0 saturated carbocycles. The van der Waals surface area contributed by atoms with Crippen LogP contribution >= 0.6 is 0 Å². The monoisotopic (exact) mass is 251 g/mol. The summed E-state index contributed by atoms with van der Waals surface area (Å²) >= 11 is 0. The van der Waals surface area contributed by atoms with Gasteiger partial charge in [0, 0.05) is 19.0 Å². The fraction of sp³-hybridized carbons (Fsp3) is 0.500. The van der Waals surface area contributed by atoms with E-state index in [1.165, 1.54) is 0 Å². The molecular formula is C14H21NO3. The van der Waals surface area contributed by atoms with Gasteiger partial charge in [0.05, 0.1) is 6.61 Å².